The van der Waals surface area contributed by atoms with Gasteiger partial charge in [0.05, 0.1) is 6.54 Å². The summed E-state index contributed by atoms with van der Waals surface area (Å²) in [6.07, 6.45) is 5.30. The summed E-state index contributed by atoms with van der Waals surface area (Å²) >= 11 is 0. The maximum Gasteiger partial charge on any atom is 0.247 e. The van der Waals surface area contributed by atoms with Crippen molar-refractivity contribution in [1.82, 2.24) is 24.9 Å². The van der Waals surface area contributed by atoms with Crippen molar-refractivity contribution in [2.75, 3.05) is 33.2 Å². The van der Waals surface area contributed by atoms with Crippen LogP contribution in [0.1, 0.15) is 32.7 Å². The van der Waals surface area contributed by atoms with Gasteiger partial charge < -0.3 is 15.1 Å². The molecule has 0 aliphatic carbocycles. The van der Waals surface area contributed by atoms with Crippen LogP contribution in [0, 0.1) is 0 Å². The lowest BCUT2D eigenvalue weighted by Gasteiger charge is -2.30. The van der Waals surface area contributed by atoms with Gasteiger partial charge >= 0.3 is 0 Å². The zero-order valence-electron chi connectivity index (χ0n) is 15.1. The molecule has 2 rings (SSSR count). The molecule has 2 heterocycles. The molecule has 2 amide bonds. The minimum Gasteiger partial charge on any atom is -0.337 e. The Morgan fingerprint density at radius 1 is 1.40 bits per heavy atom. The van der Waals surface area contributed by atoms with Crippen LogP contribution in [0.4, 0.5) is 0 Å². The van der Waals surface area contributed by atoms with Gasteiger partial charge in [-0.05, 0) is 32.4 Å². The number of halogens is 2. The van der Waals surface area contributed by atoms with E-state index in [9.17, 15) is 9.59 Å². The predicted octanol–water partition coefficient (Wildman–Crippen LogP) is 1.35. The molecular weight excluding hydrogens is 365 g/mol. The van der Waals surface area contributed by atoms with Crippen molar-refractivity contribution in [1.29, 1.82) is 0 Å². The van der Waals surface area contributed by atoms with Gasteiger partial charge in [0.2, 0.25) is 11.8 Å². The first-order valence-corrected chi connectivity index (χ1v) is 8.28. The van der Waals surface area contributed by atoms with Gasteiger partial charge in [-0.3, -0.25) is 14.3 Å². The Morgan fingerprint density at radius 3 is 2.64 bits per heavy atom. The number of nitrogens with zero attached hydrogens (tertiary/aromatic N) is 4. The maximum atomic E-state index is 12.6. The lowest BCUT2D eigenvalue weighted by Crippen LogP contribution is -2.48. The number of carbonyl (C=O) groups excluding carboxylic acids is 2. The molecule has 0 aromatic carbocycles. The van der Waals surface area contributed by atoms with Crippen LogP contribution >= 0.6 is 24.8 Å². The average Bonchev–Trinajstić information content (AvgIpc) is 3.23. The summed E-state index contributed by atoms with van der Waals surface area (Å²) in [6, 6.07) is 1.62. The number of nitrogens with one attached hydrogen (secondary N) is 1. The zero-order valence-corrected chi connectivity index (χ0v) is 16.7. The molecule has 0 bridgehead atoms. The van der Waals surface area contributed by atoms with Gasteiger partial charge in [0.25, 0.3) is 0 Å². The van der Waals surface area contributed by atoms with Gasteiger partial charge in [-0.25, -0.2) is 0 Å². The third kappa shape index (κ3) is 6.17. The molecule has 1 fully saturated rings. The molecule has 144 valence electrons. The lowest BCUT2D eigenvalue weighted by atomic mass is 10.2. The van der Waals surface area contributed by atoms with Crippen LogP contribution in [0.3, 0.4) is 0 Å². The number of rotatable bonds is 7. The molecule has 1 aliphatic rings. The van der Waals surface area contributed by atoms with Crippen molar-refractivity contribution in [2.45, 2.75) is 38.8 Å². The van der Waals surface area contributed by atoms with Crippen LogP contribution in [0.5, 0.6) is 0 Å². The Kier molecular flexibility index (Phi) is 10.7. The van der Waals surface area contributed by atoms with E-state index in [0.717, 1.165) is 32.5 Å². The van der Waals surface area contributed by atoms with E-state index in [2.05, 4.69) is 17.3 Å². The van der Waals surface area contributed by atoms with Gasteiger partial charge in [-0.1, -0.05) is 6.92 Å². The highest BCUT2D eigenvalue weighted by Gasteiger charge is 2.28. The molecule has 7 nitrogen and oxygen atoms in total. The number of hydrogen-bond donors (Lipinski definition) is 1. The van der Waals surface area contributed by atoms with E-state index in [-0.39, 0.29) is 49.2 Å². The largest absolute Gasteiger partial charge is 0.337 e. The fraction of sp³-hybridized carbons (Fsp3) is 0.688. The number of carbonyl (C=O) groups is 2. The Balaban J connectivity index is 0.00000288. The van der Waals surface area contributed by atoms with E-state index >= 15 is 0 Å². The molecule has 1 aromatic rings. The monoisotopic (exact) mass is 393 g/mol. The molecule has 2 atom stereocenters. The number of aromatic nitrogens is 2. The average molecular weight is 394 g/mol. The molecule has 25 heavy (non-hydrogen) atoms. The predicted molar refractivity (Wildman–Crippen MR) is 102 cm³/mol. The van der Waals surface area contributed by atoms with Crippen LogP contribution in [-0.4, -0.2) is 70.7 Å². The molecule has 1 aromatic heterocycles. The first kappa shape index (κ1) is 23.7. The molecular formula is C16H29Cl2N5O2. The fourth-order valence-corrected chi connectivity index (χ4v) is 2.97. The molecule has 0 spiro atoms. The minimum atomic E-state index is -0.407. The van der Waals surface area contributed by atoms with Crippen molar-refractivity contribution >= 4 is 36.6 Å². The Morgan fingerprint density at radius 2 is 2.12 bits per heavy atom. The zero-order chi connectivity index (χ0) is 16.8. The molecule has 1 saturated heterocycles. The fourth-order valence-electron chi connectivity index (χ4n) is 2.97. The molecule has 0 saturated carbocycles. The van der Waals surface area contributed by atoms with Gasteiger partial charge in [-0.15, -0.1) is 24.8 Å². The Labute approximate surface area is 161 Å². The van der Waals surface area contributed by atoms with E-state index in [1.54, 1.807) is 37.1 Å². The number of likely N-dealkylation sites (N-methyl/N-ethyl adjacent to an activating group) is 1. The van der Waals surface area contributed by atoms with Gasteiger partial charge in [0, 0.05) is 38.6 Å². The highest BCUT2D eigenvalue weighted by atomic mass is 35.5. The van der Waals surface area contributed by atoms with E-state index in [4.69, 9.17) is 0 Å². The summed E-state index contributed by atoms with van der Waals surface area (Å²) < 4.78 is 1.61. The summed E-state index contributed by atoms with van der Waals surface area (Å²) in [7, 11) is 1.68. The van der Waals surface area contributed by atoms with Crippen molar-refractivity contribution in [3.63, 3.8) is 0 Å². The highest BCUT2D eigenvalue weighted by molar-refractivity contribution is 5.86. The van der Waals surface area contributed by atoms with Crippen LogP contribution in [0.2, 0.25) is 0 Å². The minimum absolute atomic E-state index is 0. The summed E-state index contributed by atoms with van der Waals surface area (Å²) in [5.41, 5.74) is 0. The summed E-state index contributed by atoms with van der Waals surface area (Å²) in [6.45, 7) is 6.50. The SMILES string of the molecule is CCCN(C(=O)CN(C)C(=O)C(C)n1cccn1)C1CCNC1.Cl.Cl. The first-order valence-electron chi connectivity index (χ1n) is 8.28. The molecule has 1 N–H and O–H groups in total. The van der Waals surface area contributed by atoms with E-state index in [1.165, 1.54) is 4.90 Å². The molecule has 0 radical (unpaired) electrons. The molecule has 2 unspecified atom stereocenters. The second-order valence-electron chi connectivity index (χ2n) is 6.09. The van der Waals surface area contributed by atoms with Crippen LogP contribution in [-0.2, 0) is 9.59 Å². The van der Waals surface area contributed by atoms with Gasteiger partial charge in [0.15, 0.2) is 0 Å². The summed E-state index contributed by atoms with van der Waals surface area (Å²) in [5.74, 6) is -0.0906. The normalized spacial score (nSPS) is 17.2. The van der Waals surface area contributed by atoms with E-state index in [1.807, 2.05) is 4.90 Å². The number of amides is 2. The van der Waals surface area contributed by atoms with E-state index < -0.39 is 6.04 Å². The lowest BCUT2D eigenvalue weighted by molar-refractivity contribution is -0.142. The Hall–Kier alpha value is -1.31. The van der Waals surface area contributed by atoms with Gasteiger partial charge in [0.1, 0.15) is 6.04 Å². The van der Waals surface area contributed by atoms with Crippen LogP contribution in [0.15, 0.2) is 18.5 Å². The standard InChI is InChI=1S/C16H27N5O2.2ClH/c1-4-9-20(14-6-8-17-11-14)15(22)12-19(3)16(23)13(2)21-10-5-7-18-21;;/h5,7,10,13-14,17H,4,6,8-9,11-12H2,1-3H3;2*1H. The topological polar surface area (TPSA) is 70.5 Å². The molecule has 1 aliphatic heterocycles. The first-order chi connectivity index (χ1) is 11.0. The summed E-state index contributed by atoms with van der Waals surface area (Å²) in [5, 5.41) is 7.38. The van der Waals surface area contributed by atoms with E-state index in [0.29, 0.717) is 0 Å². The third-order valence-electron chi connectivity index (χ3n) is 4.29. The Bertz CT molecular complexity index is 521. The second kappa shape index (κ2) is 11.3. The number of hydrogen-bond acceptors (Lipinski definition) is 4. The van der Waals surface area contributed by atoms with Crippen molar-refractivity contribution < 1.29 is 9.59 Å². The quantitative estimate of drug-likeness (QED) is 0.758. The maximum absolute atomic E-state index is 12.6. The smallest absolute Gasteiger partial charge is 0.247 e. The third-order valence-corrected chi connectivity index (χ3v) is 4.29. The summed E-state index contributed by atoms with van der Waals surface area (Å²) in [4.78, 5) is 28.5. The molecule has 9 heteroatoms. The van der Waals surface area contributed by atoms with Crippen LogP contribution in [0.25, 0.3) is 0 Å². The van der Waals surface area contributed by atoms with Gasteiger partial charge in [-0.2, -0.15) is 5.10 Å². The second-order valence-corrected chi connectivity index (χ2v) is 6.09. The van der Waals surface area contributed by atoms with Crippen molar-refractivity contribution in [3.8, 4) is 0 Å². The van der Waals surface area contributed by atoms with Crippen LogP contribution < -0.4 is 5.32 Å². The van der Waals surface area contributed by atoms with Crippen molar-refractivity contribution in [3.05, 3.63) is 18.5 Å². The van der Waals surface area contributed by atoms with Crippen molar-refractivity contribution in [2.24, 2.45) is 0 Å². The highest BCUT2D eigenvalue weighted by Crippen LogP contribution is 2.12.